The van der Waals surface area contributed by atoms with Crippen molar-refractivity contribution in [3.63, 3.8) is 0 Å². The minimum absolute atomic E-state index is 0.0509. The van der Waals surface area contributed by atoms with Gasteiger partial charge in [0.05, 0.1) is 13.2 Å². The first-order chi connectivity index (χ1) is 33.7. The summed E-state index contributed by atoms with van der Waals surface area (Å²) in [5.74, 6) is 1.24. The van der Waals surface area contributed by atoms with E-state index in [2.05, 4.69) is 125 Å². The van der Waals surface area contributed by atoms with Gasteiger partial charge in [-0.05, 0) is 205 Å². The van der Waals surface area contributed by atoms with Crippen molar-refractivity contribution < 1.29 is 28.5 Å². The lowest BCUT2D eigenvalue weighted by atomic mass is 9.71. The fourth-order valence-electron chi connectivity index (χ4n) is 9.33. The number of rotatable bonds is 28. The topological polar surface area (TPSA) is 71.1 Å². The third kappa shape index (κ3) is 12.7. The zero-order valence-electron chi connectivity index (χ0n) is 40.4. The molecule has 8 heteroatoms. The molecule has 69 heavy (non-hydrogen) atoms. The lowest BCUT2D eigenvalue weighted by molar-refractivity contribution is -0.146. The van der Waals surface area contributed by atoms with Crippen molar-refractivity contribution in [2.45, 2.75) is 109 Å². The fraction of sp³-hybridized carbons (Fsp3) is 0.311. The van der Waals surface area contributed by atoms with Crippen LogP contribution >= 0.6 is 22.7 Å². The summed E-state index contributed by atoms with van der Waals surface area (Å²) in [5, 5.41) is 0. The Balaban J connectivity index is 0.966. The molecule has 0 bridgehead atoms. The highest BCUT2D eigenvalue weighted by Crippen LogP contribution is 2.56. The van der Waals surface area contributed by atoms with Crippen LogP contribution in [0.15, 0.2) is 160 Å². The zero-order chi connectivity index (χ0) is 48.6. The summed E-state index contributed by atoms with van der Waals surface area (Å²) in [4.78, 5) is 29.0. The molecule has 6 aromatic rings. The Morgan fingerprint density at radius 2 is 0.855 bits per heavy atom. The normalized spacial score (nSPS) is 12.3. The molecule has 2 heterocycles. The van der Waals surface area contributed by atoms with Crippen LogP contribution in [-0.4, -0.2) is 37.4 Å². The standard InChI is InChI=1S/C61H66O6S2/c1-7-37-61(38-8-2)53-41-45(57-35-33-55(68-57)43-21-27-49(28-22-43)64-39-17-13-15-19-59(62)66-47(9-3)10-4)25-31-51(53)52-32-26-46(42-54(52)61)58-36-34-56(69-58)44-23-29-50(30-24-44)65-40-18-14-16-20-60(63)67-48(11-5)12-6/h9-12,21-36,41-42,47-48H,3-8,13-20,37-40H2,1-2H3. The molecule has 0 saturated heterocycles. The van der Waals surface area contributed by atoms with E-state index < -0.39 is 12.2 Å². The number of esters is 2. The molecule has 0 unspecified atom stereocenters. The summed E-state index contributed by atoms with van der Waals surface area (Å²) in [5.41, 5.74) is 10.5. The van der Waals surface area contributed by atoms with Crippen LogP contribution < -0.4 is 9.47 Å². The molecule has 0 amide bonds. The van der Waals surface area contributed by atoms with Gasteiger partial charge in [0.1, 0.15) is 23.7 Å². The molecule has 0 radical (unpaired) electrons. The number of benzene rings is 4. The highest BCUT2D eigenvalue weighted by molar-refractivity contribution is 7.19. The molecular weight excluding hydrogens is 893 g/mol. The summed E-state index contributed by atoms with van der Waals surface area (Å²) < 4.78 is 22.7. The largest absolute Gasteiger partial charge is 0.494 e. The van der Waals surface area contributed by atoms with Crippen LogP contribution in [-0.2, 0) is 24.5 Å². The monoisotopic (exact) mass is 958 g/mol. The van der Waals surface area contributed by atoms with Gasteiger partial charge in [-0.2, -0.15) is 0 Å². The Bertz CT molecular complexity index is 2480. The summed E-state index contributed by atoms with van der Waals surface area (Å²) in [6.07, 6.45) is 15.6. The number of ether oxygens (including phenoxy) is 4. The first-order valence-electron chi connectivity index (χ1n) is 24.6. The second kappa shape index (κ2) is 24.9. The Morgan fingerprint density at radius 1 is 0.493 bits per heavy atom. The number of carbonyl (C=O) groups excluding carboxylic acids is 2. The molecule has 0 atom stereocenters. The highest BCUT2D eigenvalue weighted by Gasteiger charge is 2.42. The minimum atomic E-state index is -0.432. The maximum Gasteiger partial charge on any atom is 0.306 e. The van der Waals surface area contributed by atoms with Crippen LogP contribution in [0.3, 0.4) is 0 Å². The van der Waals surface area contributed by atoms with Gasteiger partial charge in [-0.1, -0.05) is 77.3 Å². The Kier molecular flexibility index (Phi) is 18.3. The van der Waals surface area contributed by atoms with E-state index in [1.807, 2.05) is 46.9 Å². The maximum absolute atomic E-state index is 12.0. The van der Waals surface area contributed by atoms with Crippen molar-refractivity contribution in [3.8, 4) is 64.4 Å². The molecule has 2 aromatic heterocycles. The number of fused-ring (bicyclic) bond motifs is 3. The number of carbonyl (C=O) groups is 2. The van der Waals surface area contributed by atoms with Crippen molar-refractivity contribution in [2.24, 2.45) is 0 Å². The van der Waals surface area contributed by atoms with Gasteiger partial charge in [-0.3, -0.25) is 9.59 Å². The van der Waals surface area contributed by atoms with Crippen LogP contribution in [0, 0.1) is 0 Å². The van der Waals surface area contributed by atoms with E-state index in [0.717, 1.165) is 75.7 Å². The van der Waals surface area contributed by atoms with E-state index in [0.29, 0.717) is 26.1 Å². The van der Waals surface area contributed by atoms with Crippen molar-refractivity contribution >= 4 is 34.6 Å². The second-order valence-electron chi connectivity index (χ2n) is 17.6. The van der Waals surface area contributed by atoms with Crippen molar-refractivity contribution in [1.82, 2.24) is 0 Å². The third-order valence-corrected chi connectivity index (χ3v) is 15.2. The predicted molar refractivity (Wildman–Crippen MR) is 288 cm³/mol. The van der Waals surface area contributed by atoms with Crippen molar-refractivity contribution in [2.75, 3.05) is 13.2 Å². The molecule has 6 nitrogen and oxygen atoms in total. The molecule has 0 fully saturated rings. The summed E-state index contributed by atoms with van der Waals surface area (Å²) in [6, 6.07) is 40.1. The first kappa shape index (κ1) is 50.7. The molecule has 7 rings (SSSR count). The molecule has 0 saturated carbocycles. The highest BCUT2D eigenvalue weighted by atomic mass is 32.1. The van der Waals surface area contributed by atoms with Crippen LogP contribution in [0.5, 0.6) is 11.5 Å². The molecule has 0 N–H and O–H groups in total. The lowest BCUT2D eigenvalue weighted by Crippen LogP contribution is -2.25. The van der Waals surface area contributed by atoms with Gasteiger partial charge in [0.25, 0.3) is 0 Å². The number of hydrogen-bond acceptors (Lipinski definition) is 8. The van der Waals surface area contributed by atoms with E-state index in [1.54, 1.807) is 24.3 Å². The van der Waals surface area contributed by atoms with Crippen molar-refractivity contribution in [1.29, 1.82) is 0 Å². The molecular formula is C61H66O6S2. The molecule has 0 spiro atoms. The molecule has 1 aliphatic carbocycles. The smallest absolute Gasteiger partial charge is 0.306 e. The van der Waals surface area contributed by atoms with Gasteiger partial charge in [0.2, 0.25) is 0 Å². The maximum atomic E-state index is 12.0. The van der Waals surface area contributed by atoms with Gasteiger partial charge < -0.3 is 18.9 Å². The average Bonchev–Trinajstić information content (AvgIpc) is 4.14. The SMILES string of the molecule is C=CC(C=C)OC(=O)CCCCCOc1ccc(-c2ccc(-c3ccc4c(c3)C(CCC)(CCC)c3cc(-c5ccc(-c6ccc(OCCCCCC(=O)OC(C=C)C=C)cc6)s5)ccc3-4)s2)cc1. The summed E-state index contributed by atoms with van der Waals surface area (Å²) >= 11 is 3.67. The quantitative estimate of drug-likeness (QED) is 0.0277. The predicted octanol–water partition coefficient (Wildman–Crippen LogP) is 16.8. The van der Waals surface area contributed by atoms with Crippen LogP contribution in [0.1, 0.15) is 102 Å². The number of hydrogen-bond donors (Lipinski definition) is 0. The number of thiophene rings is 2. The Morgan fingerprint density at radius 3 is 1.22 bits per heavy atom. The zero-order valence-corrected chi connectivity index (χ0v) is 42.0. The van der Waals surface area contributed by atoms with E-state index in [9.17, 15) is 9.59 Å². The lowest BCUT2D eigenvalue weighted by Gasteiger charge is -2.32. The summed E-state index contributed by atoms with van der Waals surface area (Å²) in [7, 11) is 0. The third-order valence-electron chi connectivity index (χ3n) is 12.8. The van der Waals surface area contributed by atoms with Gasteiger partial charge in [0.15, 0.2) is 0 Å². The second-order valence-corrected chi connectivity index (χ2v) is 19.8. The molecule has 0 aliphatic heterocycles. The molecule has 358 valence electrons. The average molecular weight is 959 g/mol. The van der Waals surface area contributed by atoms with Crippen molar-refractivity contribution in [3.05, 3.63) is 171 Å². The van der Waals surface area contributed by atoms with E-state index in [1.165, 1.54) is 64.0 Å². The fourth-order valence-corrected chi connectivity index (χ4v) is 11.3. The molecule has 1 aliphatic rings. The van der Waals surface area contributed by atoms with Gasteiger partial charge in [-0.15, -0.1) is 22.7 Å². The van der Waals surface area contributed by atoms with Gasteiger partial charge in [0, 0.05) is 37.8 Å². The van der Waals surface area contributed by atoms with Crippen LogP contribution in [0.4, 0.5) is 0 Å². The van der Waals surface area contributed by atoms with E-state index in [-0.39, 0.29) is 17.4 Å². The van der Waals surface area contributed by atoms with Crippen LogP contribution in [0.25, 0.3) is 52.9 Å². The van der Waals surface area contributed by atoms with Gasteiger partial charge in [-0.25, -0.2) is 0 Å². The van der Waals surface area contributed by atoms with E-state index >= 15 is 0 Å². The Hall–Kier alpha value is -6.22. The molecule has 4 aromatic carbocycles. The summed E-state index contributed by atoms with van der Waals surface area (Å²) in [6.45, 7) is 20.5. The Labute approximate surface area is 418 Å². The number of unbranched alkanes of at least 4 members (excludes halogenated alkanes) is 4. The van der Waals surface area contributed by atoms with Crippen LogP contribution in [0.2, 0.25) is 0 Å². The van der Waals surface area contributed by atoms with E-state index in [4.69, 9.17) is 18.9 Å². The van der Waals surface area contributed by atoms with Gasteiger partial charge >= 0.3 is 11.9 Å². The minimum Gasteiger partial charge on any atom is -0.494 e. The first-order valence-corrected chi connectivity index (χ1v) is 26.2.